The highest BCUT2D eigenvalue weighted by Gasteiger charge is 2.35. The van der Waals surface area contributed by atoms with Gasteiger partial charge in [-0.1, -0.05) is 12.1 Å². The summed E-state index contributed by atoms with van der Waals surface area (Å²) >= 11 is 0. The lowest BCUT2D eigenvalue weighted by molar-refractivity contribution is -0.139. The number of halogens is 6. The third-order valence-electron chi connectivity index (χ3n) is 3.88. The molecule has 4 N–H and O–H groups in total. The van der Waals surface area contributed by atoms with Crippen LogP contribution in [0.1, 0.15) is 35.0 Å². The van der Waals surface area contributed by atoms with Crippen LogP contribution in [0.3, 0.4) is 0 Å². The van der Waals surface area contributed by atoms with Gasteiger partial charge in [0.05, 0.1) is 30.3 Å². The summed E-state index contributed by atoms with van der Waals surface area (Å²) in [5, 5.41) is 19.2. The van der Waals surface area contributed by atoms with Gasteiger partial charge in [-0.3, -0.25) is 4.79 Å². The number of anilines is 1. The van der Waals surface area contributed by atoms with Gasteiger partial charge in [0.15, 0.2) is 0 Å². The van der Waals surface area contributed by atoms with Crippen molar-refractivity contribution >= 4 is 11.5 Å². The van der Waals surface area contributed by atoms with Gasteiger partial charge in [0.1, 0.15) is 17.2 Å². The number of nitrogens with one attached hydrogen (secondary N) is 3. The third-order valence-corrected chi connectivity index (χ3v) is 3.88. The zero-order valence-electron chi connectivity index (χ0n) is 14.9. The van der Waals surface area contributed by atoms with E-state index in [1.54, 1.807) is 0 Å². The highest BCUT2D eigenvalue weighted by atomic mass is 19.4. The molecule has 29 heavy (non-hydrogen) atoms. The Kier molecular flexibility index (Phi) is 6.36. The van der Waals surface area contributed by atoms with E-state index in [1.807, 2.05) is 0 Å². The normalized spacial score (nSPS) is 13.2. The summed E-state index contributed by atoms with van der Waals surface area (Å²) in [6.45, 7) is 0.489. The SMILES string of the molecule is Cc1nc(NC(CC(F)(F)F)c2ccc(C(F)(F)F)cc2)c(C(=N)CO)c(=O)[nH]1. The molecule has 1 unspecified atom stereocenters. The summed E-state index contributed by atoms with van der Waals surface area (Å²) in [7, 11) is 0. The fourth-order valence-corrected chi connectivity index (χ4v) is 2.60. The maximum Gasteiger partial charge on any atom is 0.416 e. The molecule has 1 atom stereocenters. The summed E-state index contributed by atoms with van der Waals surface area (Å²) in [5.74, 6) is -0.357. The Hall–Kier alpha value is -2.89. The average molecular weight is 422 g/mol. The van der Waals surface area contributed by atoms with E-state index < -0.39 is 53.8 Å². The minimum absolute atomic E-state index is 0.0326. The van der Waals surface area contributed by atoms with Gasteiger partial charge in [-0.25, -0.2) is 4.98 Å². The molecule has 0 spiro atoms. The summed E-state index contributed by atoms with van der Waals surface area (Å²) in [4.78, 5) is 18.2. The molecule has 0 radical (unpaired) electrons. The van der Waals surface area contributed by atoms with Gasteiger partial charge in [0.25, 0.3) is 5.56 Å². The standard InChI is InChI=1S/C17H16F6N4O2/c1-8-25-14(13(11(24)7-28)15(29)26-8)27-12(6-16(18,19)20)9-2-4-10(5-3-9)17(21,22)23/h2-5,12,24,28H,6-7H2,1H3,(H2,25,26,27,29). The van der Waals surface area contributed by atoms with Gasteiger partial charge in [0, 0.05) is 0 Å². The van der Waals surface area contributed by atoms with Crippen LogP contribution in [-0.2, 0) is 6.18 Å². The highest BCUT2D eigenvalue weighted by molar-refractivity contribution is 6.02. The molecule has 0 fully saturated rings. The molecular weight excluding hydrogens is 406 g/mol. The van der Waals surface area contributed by atoms with Crippen LogP contribution in [0.2, 0.25) is 0 Å². The van der Waals surface area contributed by atoms with Crippen molar-refractivity contribution in [3.63, 3.8) is 0 Å². The van der Waals surface area contributed by atoms with E-state index in [0.717, 1.165) is 12.1 Å². The molecule has 0 saturated carbocycles. The molecule has 0 bridgehead atoms. The van der Waals surface area contributed by atoms with Crippen molar-refractivity contribution in [2.45, 2.75) is 31.7 Å². The molecule has 0 aliphatic rings. The van der Waals surface area contributed by atoms with Crippen molar-refractivity contribution in [1.29, 1.82) is 5.41 Å². The maximum atomic E-state index is 13.1. The first-order chi connectivity index (χ1) is 13.3. The Morgan fingerprint density at radius 3 is 2.28 bits per heavy atom. The van der Waals surface area contributed by atoms with Crippen LogP contribution < -0.4 is 10.9 Å². The van der Waals surface area contributed by atoms with Crippen LogP contribution in [0.5, 0.6) is 0 Å². The van der Waals surface area contributed by atoms with E-state index in [4.69, 9.17) is 10.5 Å². The number of aromatic nitrogens is 2. The predicted octanol–water partition coefficient (Wildman–Crippen LogP) is 3.56. The molecule has 0 aliphatic heterocycles. The van der Waals surface area contributed by atoms with Gasteiger partial charge in [0.2, 0.25) is 0 Å². The summed E-state index contributed by atoms with van der Waals surface area (Å²) < 4.78 is 77.3. The van der Waals surface area contributed by atoms with E-state index in [1.165, 1.54) is 6.92 Å². The first-order valence-electron chi connectivity index (χ1n) is 8.12. The Bertz CT molecular complexity index is 935. The molecule has 2 rings (SSSR count). The molecule has 0 aliphatic carbocycles. The van der Waals surface area contributed by atoms with E-state index >= 15 is 0 Å². The second-order valence-corrected chi connectivity index (χ2v) is 6.15. The average Bonchev–Trinajstić information content (AvgIpc) is 2.58. The molecule has 1 aromatic heterocycles. The predicted molar refractivity (Wildman–Crippen MR) is 92.0 cm³/mol. The number of aliphatic hydroxyl groups is 1. The van der Waals surface area contributed by atoms with Crippen LogP contribution in [-0.4, -0.2) is 33.6 Å². The first kappa shape index (κ1) is 22.4. The summed E-state index contributed by atoms with van der Waals surface area (Å²) in [5.41, 5.74) is -3.05. The van der Waals surface area contributed by atoms with Crippen molar-refractivity contribution in [2.24, 2.45) is 0 Å². The second kappa shape index (κ2) is 8.23. The van der Waals surface area contributed by atoms with Crippen LogP contribution in [0, 0.1) is 12.3 Å². The number of hydrogen-bond acceptors (Lipinski definition) is 5. The van der Waals surface area contributed by atoms with Crippen molar-refractivity contribution in [1.82, 2.24) is 9.97 Å². The van der Waals surface area contributed by atoms with Crippen molar-refractivity contribution in [3.8, 4) is 0 Å². The minimum atomic E-state index is -4.69. The van der Waals surface area contributed by atoms with Crippen LogP contribution in [0.4, 0.5) is 32.2 Å². The monoisotopic (exact) mass is 422 g/mol. The quantitative estimate of drug-likeness (QED) is 0.422. The maximum absolute atomic E-state index is 13.1. The van der Waals surface area contributed by atoms with Crippen molar-refractivity contribution in [2.75, 3.05) is 11.9 Å². The fraction of sp³-hybridized carbons (Fsp3) is 0.353. The number of aliphatic hydroxyl groups excluding tert-OH is 1. The molecule has 0 saturated heterocycles. The molecule has 158 valence electrons. The number of alkyl halides is 6. The first-order valence-corrected chi connectivity index (χ1v) is 8.12. The lowest BCUT2D eigenvalue weighted by Crippen LogP contribution is -2.28. The zero-order chi connectivity index (χ0) is 22.0. The van der Waals surface area contributed by atoms with Crippen molar-refractivity contribution < 1.29 is 31.4 Å². The number of hydrogen-bond donors (Lipinski definition) is 4. The smallest absolute Gasteiger partial charge is 0.390 e. The van der Waals surface area contributed by atoms with Crippen LogP contribution in [0.25, 0.3) is 0 Å². The topological polar surface area (TPSA) is 102 Å². The lowest BCUT2D eigenvalue weighted by Gasteiger charge is -2.23. The Morgan fingerprint density at radius 2 is 1.79 bits per heavy atom. The van der Waals surface area contributed by atoms with Gasteiger partial charge in [-0.05, 0) is 24.6 Å². The number of nitrogens with zero attached hydrogens (tertiary/aromatic N) is 1. The fourth-order valence-electron chi connectivity index (χ4n) is 2.60. The zero-order valence-corrected chi connectivity index (χ0v) is 14.9. The Morgan fingerprint density at radius 1 is 1.21 bits per heavy atom. The van der Waals surface area contributed by atoms with Gasteiger partial charge in [-0.2, -0.15) is 26.3 Å². The third kappa shape index (κ3) is 5.79. The van der Waals surface area contributed by atoms with E-state index in [9.17, 15) is 31.1 Å². The summed E-state index contributed by atoms with van der Waals surface area (Å²) in [6.07, 6.45) is -10.8. The van der Waals surface area contributed by atoms with Crippen LogP contribution >= 0.6 is 0 Å². The second-order valence-electron chi connectivity index (χ2n) is 6.15. The van der Waals surface area contributed by atoms with E-state index in [0.29, 0.717) is 12.1 Å². The van der Waals surface area contributed by atoms with Gasteiger partial charge >= 0.3 is 12.4 Å². The largest absolute Gasteiger partial charge is 0.416 e. The van der Waals surface area contributed by atoms with E-state index in [-0.39, 0.29) is 17.2 Å². The van der Waals surface area contributed by atoms with E-state index in [2.05, 4.69) is 15.3 Å². The molecular formula is C17H16F6N4O2. The number of aromatic amines is 1. The van der Waals surface area contributed by atoms with Crippen molar-refractivity contribution in [3.05, 3.63) is 57.1 Å². The minimum Gasteiger partial charge on any atom is -0.390 e. The molecule has 12 heteroatoms. The molecule has 0 amide bonds. The molecule has 1 heterocycles. The number of rotatable bonds is 6. The highest BCUT2D eigenvalue weighted by Crippen LogP contribution is 2.34. The number of benzene rings is 1. The Labute approximate surface area is 160 Å². The Balaban J connectivity index is 2.50. The summed E-state index contributed by atoms with van der Waals surface area (Å²) in [6, 6.07) is 1.49. The van der Waals surface area contributed by atoms with Gasteiger partial charge in [-0.15, -0.1) is 0 Å². The van der Waals surface area contributed by atoms with Gasteiger partial charge < -0.3 is 20.8 Å². The molecule has 2 aromatic rings. The number of H-pyrrole nitrogens is 1. The van der Waals surface area contributed by atoms with Crippen LogP contribution in [0.15, 0.2) is 29.1 Å². The number of aryl methyl sites for hydroxylation is 1. The molecule has 1 aromatic carbocycles. The lowest BCUT2D eigenvalue weighted by atomic mass is 10.0. The molecule has 6 nitrogen and oxygen atoms in total.